The maximum atomic E-state index is 12.5. The highest BCUT2D eigenvalue weighted by Crippen LogP contribution is 2.36. The van der Waals surface area contributed by atoms with E-state index in [1.165, 1.54) is 26.4 Å². The van der Waals surface area contributed by atoms with Crippen molar-refractivity contribution in [2.45, 2.75) is 0 Å². The third kappa shape index (κ3) is 5.59. The van der Waals surface area contributed by atoms with Crippen molar-refractivity contribution in [1.82, 2.24) is 0 Å². The molecule has 0 aliphatic carbocycles. The van der Waals surface area contributed by atoms with Crippen LogP contribution in [0.2, 0.25) is 10.0 Å². The van der Waals surface area contributed by atoms with Crippen molar-refractivity contribution >= 4 is 65.0 Å². The summed E-state index contributed by atoms with van der Waals surface area (Å²) in [5, 5.41) is 5.97. The van der Waals surface area contributed by atoms with E-state index in [1.54, 1.807) is 48.5 Å². The second kappa shape index (κ2) is 10.5. The maximum absolute atomic E-state index is 12.5. The van der Waals surface area contributed by atoms with Crippen molar-refractivity contribution in [3.05, 3.63) is 76.3 Å². The summed E-state index contributed by atoms with van der Waals surface area (Å²) < 4.78 is 11.3. The van der Waals surface area contributed by atoms with Gasteiger partial charge in [-0.15, -0.1) is 0 Å². The van der Waals surface area contributed by atoms with Crippen LogP contribution in [0.25, 0.3) is 0 Å². The Balaban J connectivity index is 1.66. The third-order valence-electron chi connectivity index (χ3n) is 4.35. The fourth-order valence-electron chi connectivity index (χ4n) is 2.77. The first-order valence-corrected chi connectivity index (χ1v) is 10.4. The van der Waals surface area contributed by atoms with Crippen LogP contribution >= 0.6 is 36.0 Å². The zero-order chi connectivity index (χ0) is 23.3. The molecule has 0 heterocycles. The van der Waals surface area contributed by atoms with Crippen LogP contribution in [0.1, 0.15) is 10.4 Å². The van der Waals surface area contributed by atoms with Gasteiger partial charge in [-0.1, -0.05) is 42.1 Å². The molecule has 0 atom stereocenters. The molecular formula is C22H19Cl2N3O4S. The summed E-state index contributed by atoms with van der Waals surface area (Å²) in [6, 6.07) is 15.9. The van der Waals surface area contributed by atoms with Gasteiger partial charge in [0.1, 0.15) is 5.75 Å². The van der Waals surface area contributed by atoms with Crippen molar-refractivity contribution in [2.75, 3.05) is 29.2 Å². The monoisotopic (exact) mass is 491 g/mol. The van der Waals surface area contributed by atoms with Crippen LogP contribution in [0.5, 0.6) is 11.5 Å². The molecule has 3 aromatic rings. The quantitative estimate of drug-likeness (QED) is 0.361. The summed E-state index contributed by atoms with van der Waals surface area (Å²) in [5.41, 5.74) is 1.88. The average molecular weight is 492 g/mol. The van der Waals surface area contributed by atoms with E-state index in [-0.39, 0.29) is 16.0 Å². The number of carbonyl (C=O) groups excluding carboxylic acids is 2. The Hall–Kier alpha value is -3.07. The number of urea groups is 1. The smallest absolute Gasteiger partial charge is 0.336 e. The Labute approximate surface area is 200 Å². The van der Waals surface area contributed by atoms with Crippen LogP contribution in [0.4, 0.5) is 21.9 Å². The average Bonchev–Trinajstić information content (AvgIpc) is 2.79. The normalized spacial score (nSPS) is 10.3. The van der Waals surface area contributed by atoms with Gasteiger partial charge < -0.3 is 20.1 Å². The second-order valence-corrected chi connectivity index (χ2v) is 7.66. The van der Waals surface area contributed by atoms with Gasteiger partial charge in [0.15, 0.2) is 5.75 Å². The molecule has 0 spiro atoms. The number of thiol groups is 1. The molecule has 0 aliphatic rings. The lowest BCUT2D eigenvalue weighted by Crippen LogP contribution is -2.26. The third-order valence-corrected chi connectivity index (χ3v) is 5.32. The number of rotatable bonds is 6. The molecule has 3 rings (SSSR count). The molecule has 32 heavy (non-hydrogen) atoms. The summed E-state index contributed by atoms with van der Waals surface area (Å²) in [6.07, 6.45) is 0. The first-order chi connectivity index (χ1) is 15.3. The van der Waals surface area contributed by atoms with Gasteiger partial charge in [0.25, 0.3) is 5.91 Å². The molecule has 0 saturated heterocycles. The Kier molecular flexibility index (Phi) is 7.74. The van der Waals surface area contributed by atoms with E-state index in [2.05, 4.69) is 23.4 Å². The number of carbonyl (C=O) groups is 2. The van der Waals surface area contributed by atoms with Gasteiger partial charge in [0.2, 0.25) is 0 Å². The number of ether oxygens (including phenoxy) is 2. The lowest BCUT2D eigenvalue weighted by molar-refractivity contribution is 0.102. The Morgan fingerprint density at radius 1 is 0.875 bits per heavy atom. The topological polar surface area (TPSA) is 79.9 Å². The van der Waals surface area contributed by atoms with Gasteiger partial charge in [-0.2, -0.15) is 0 Å². The van der Waals surface area contributed by atoms with E-state index < -0.39 is 6.03 Å². The number of nitrogens with one attached hydrogen (secondary N) is 2. The standard InChI is InChI=1S/C22H19Cl2N3O4S/c1-30-17-5-3-4-13(10-17)21(28)25-14-6-8-16(9-7-14)27(32)22(29)26-15-11-18(23)20(31-2)19(24)12-15/h3-12,32H,1-2H3,(H,25,28)(H,26,29). The van der Waals surface area contributed by atoms with E-state index in [0.29, 0.717) is 34.1 Å². The van der Waals surface area contributed by atoms with Crippen LogP contribution in [0, 0.1) is 0 Å². The van der Waals surface area contributed by atoms with Crippen molar-refractivity contribution < 1.29 is 19.1 Å². The number of benzene rings is 3. The molecule has 0 unspecified atom stereocenters. The summed E-state index contributed by atoms with van der Waals surface area (Å²) >= 11 is 16.4. The van der Waals surface area contributed by atoms with Gasteiger partial charge in [-0.3, -0.25) is 4.79 Å². The van der Waals surface area contributed by atoms with Crippen LogP contribution in [-0.2, 0) is 0 Å². The zero-order valence-corrected chi connectivity index (χ0v) is 19.5. The summed E-state index contributed by atoms with van der Waals surface area (Å²) in [4.78, 5) is 25.0. The largest absolute Gasteiger partial charge is 0.497 e. The van der Waals surface area contributed by atoms with Crippen LogP contribution in [0.15, 0.2) is 60.7 Å². The van der Waals surface area contributed by atoms with Crippen LogP contribution < -0.4 is 24.4 Å². The fourth-order valence-corrected chi connectivity index (χ4v) is 3.60. The second-order valence-electron chi connectivity index (χ2n) is 6.45. The van der Waals surface area contributed by atoms with E-state index in [4.69, 9.17) is 32.7 Å². The number of hydrogen-bond acceptors (Lipinski definition) is 5. The van der Waals surface area contributed by atoms with E-state index in [9.17, 15) is 9.59 Å². The fraction of sp³-hybridized carbons (Fsp3) is 0.0909. The number of halogens is 2. The minimum Gasteiger partial charge on any atom is -0.497 e. The maximum Gasteiger partial charge on any atom is 0.336 e. The number of methoxy groups -OCH3 is 2. The molecule has 3 aromatic carbocycles. The Morgan fingerprint density at radius 3 is 2.12 bits per heavy atom. The van der Waals surface area contributed by atoms with Crippen LogP contribution in [-0.4, -0.2) is 26.2 Å². The molecule has 7 nitrogen and oxygen atoms in total. The predicted molar refractivity (Wildman–Crippen MR) is 131 cm³/mol. The molecule has 0 aromatic heterocycles. The SMILES string of the molecule is COc1cccc(C(=O)Nc2ccc(N(S)C(=O)Nc3cc(Cl)c(OC)c(Cl)c3)cc2)c1. The lowest BCUT2D eigenvalue weighted by Gasteiger charge is -2.18. The molecule has 10 heteroatoms. The minimum atomic E-state index is -0.529. The van der Waals surface area contributed by atoms with Gasteiger partial charge >= 0.3 is 6.03 Å². The number of amides is 3. The van der Waals surface area contributed by atoms with Crippen molar-refractivity contribution in [1.29, 1.82) is 0 Å². The predicted octanol–water partition coefficient (Wildman–Crippen LogP) is 6.15. The number of nitrogens with zero attached hydrogens (tertiary/aromatic N) is 1. The van der Waals surface area contributed by atoms with E-state index in [1.807, 2.05) is 0 Å². The summed E-state index contributed by atoms with van der Waals surface area (Å²) in [7, 11) is 2.98. The molecule has 0 bridgehead atoms. The number of hydrogen-bond donors (Lipinski definition) is 3. The van der Waals surface area contributed by atoms with Crippen LogP contribution in [0.3, 0.4) is 0 Å². The highest BCUT2D eigenvalue weighted by molar-refractivity contribution is 7.82. The molecule has 3 amide bonds. The zero-order valence-electron chi connectivity index (χ0n) is 17.1. The molecule has 0 fully saturated rings. The minimum absolute atomic E-state index is 0.261. The van der Waals surface area contributed by atoms with Gasteiger partial charge in [-0.25, -0.2) is 9.10 Å². The van der Waals surface area contributed by atoms with Gasteiger partial charge in [-0.05, 0) is 54.6 Å². The first kappa shape index (κ1) is 23.6. The number of anilines is 3. The highest BCUT2D eigenvalue weighted by atomic mass is 35.5. The molecule has 166 valence electrons. The first-order valence-electron chi connectivity index (χ1n) is 9.21. The lowest BCUT2D eigenvalue weighted by atomic mass is 10.2. The van der Waals surface area contributed by atoms with Gasteiger partial charge in [0.05, 0.1) is 30.0 Å². The summed E-state index contributed by atoms with van der Waals surface area (Å²) in [5.74, 6) is 0.621. The molecular weight excluding hydrogens is 473 g/mol. The highest BCUT2D eigenvalue weighted by Gasteiger charge is 2.15. The Bertz CT molecular complexity index is 1120. The van der Waals surface area contributed by atoms with E-state index >= 15 is 0 Å². The molecule has 0 aliphatic heterocycles. The van der Waals surface area contributed by atoms with Crippen molar-refractivity contribution in [3.8, 4) is 11.5 Å². The van der Waals surface area contributed by atoms with Crippen molar-refractivity contribution in [3.63, 3.8) is 0 Å². The molecule has 2 N–H and O–H groups in total. The van der Waals surface area contributed by atoms with Crippen molar-refractivity contribution in [2.24, 2.45) is 0 Å². The Morgan fingerprint density at radius 2 is 1.53 bits per heavy atom. The molecule has 0 radical (unpaired) electrons. The van der Waals surface area contributed by atoms with Gasteiger partial charge in [0, 0.05) is 16.9 Å². The summed E-state index contributed by atoms with van der Waals surface area (Å²) in [6.45, 7) is 0. The van der Waals surface area contributed by atoms with E-state index in [0.717, 1.165) is 4.31 Å². The molecule has 0 saturated carbocycles.